The van der Waals surface area contributed by atoms with Gasteiger partial charge in [0.15, 0.2) is 5.82 Å². The summed E-state index contributed by atoms with van der Waals surface area (Å²) in [6, 6.07) is 6.77. The number of benzene rings is 2. The highest BCUT2D eigenvalue weighted by atomic mass is 19.1. The number of aromatic nitrogens is 3. The van der Waals surface area contributed by atoms with E-state index in [2.05, 4.69) is 14.9 Å². The van der Waals surface area contributed by atoms with Gasteiger partial charge >= 0.3 is 6.01 Å². The maximum absolute atomic E-state index is 17.0. The van der Waals surface area contributed by atoms with Crippen molar-refractivity contribution >= 4 is 27.5 Å². The zero-order valence-electron chi connectivity index (χ0n) is 28.1. The third-order valence-corrected chi connectivity index (χ3v) is 11.1. The fourth-order valence-electron chi connectivity index (χ4n) is 8.73. The Morgan fingerprint density at radius 1 is 1.08 bits per heavy atom. The highest BCUT2D eigenvalue weighted by Crippen LogP contribution is 2.49. The first kappa shape index (κ1) is 32.5. The molecule has 1 saturated carbocycles. The molecule has 0 radical (unpaired) electrons. The number of anilines is 1. The molecule has 2 aromatic carbocycles. The van der Waals surface area contributed by atoms with Crippen LogP contribution in [0.25, 0.3) is 32.9 Å². The van der Waals surface area contributed by atoms with Gasteiger partial charge in [0.1, 0.15) is 34.2 Å². The Bertz CT molecular complexity index is 1910. The lowest BCUT2D eigenvalue weighted by atomic mass is 9.75. The van der Waals surface area contributed by atoms with Gasteiger partial charge in [0, 0.05) is 29.8 Å². The molecular formula is C37H43F2N5O5. The Morgan fingerprint density at radius 2 is 1.92 bits per heavy atom. The van der Waals surface area contributed by atoms with E-state index < -0.39 is 17.2 Å². The third kappa shape index (κ3) is 5.76. The molecule has 10 nitrogen and oxygen atoms in total. The number of likely N-dealkylation sites (tertiary alicyclic amines) is 1. The van der Waals surface area contributed by atoms with E-state index >= 15 is 8.78 Å². The van der Waals surface area contributed by atoms with Gasteiger partial charge in [0.25, 0.3) is 0 Å². The molecule has 4 fully saturated rings. The number of hydrogen-bond acceptors (Lipinski definition) is 10. The number of rotatable bonds is 7. The minimum Gasteiger partial charge on any atom is -0.508 e. The smallest absolute Gasteiger partial charge is 0.319 e. The topological polar surface area (TPSA) is 113 Å². The lowest BCUT2D eigenvalue weighted by Crippen LogP contribution is -2.60. The van der Waals surface area contributed by atoms with E-state index in [0.29, 0.717) is 65.8 Å². The predicted molar refractivity (Wildman–Crippen MR) is 181 cm³/mol. The number of pyridine rings is 1. The van der Waals surface area contributed by atoms with E-state index in [4.69, 9.17) is 19.2 Å². The van der Waals surface area contributed by atoms with E-state index in [1.54, 1.807) is 13.0 Å². The summed E-state index contributed by atoms with van der Waals surface area (Å²) < 4.78 is 49.8. The van der Waals surface area contributed by atoms with Crippen LogP contribution in [0.1, 0.15) is 51.5 Å². The Morgan fingerprint density at radius 3 is 2.71 bits per heavy atom. The summed E-state index contributed by atoms with van der Waals surface area (Å²) in [5.41, 5.74) is -0.610. The number of nitrogens with zero attached hydrogens (tertiary/aromatic N) is 5. The summed E-state index contributed by atoms with van der Waals surface area (Å²) in [5, 5.41) is 23.1. The average Bonchev–Trinajstić information content (AvgIpc) is 3.41. The van der Waals surface area contributed by atoms with Gasteiger partial charge in [0.2, 0.25) is 0 Å². The molecule has 2 N–H and O–H groups in total. The standard InChI is InChI=1S/C37H43F2N5O5/c1-3-25-28(38)8-7-22-14-24(45)15-26(30(22)25)32-31(39)33-27(16-40-32)34(43-12-13-47-20-36(2,46)19-43)42-35(41-33)49-21-37-9-4-6-29(37)44(11-5-10-37)23-17-48-18-23/h7-8,14-16,23,29,45-46H,3-6,9-13,17-21H2,1-2H3. The molecule has 2 aromatic heterocycles. The van der Waals surface area contributed by atoms with Crippen molar-refractivity contribution in [3.8, 4) is 23.0 Å². The molecule has 260 valence electrons. The van der Waals surface area contributed by atoms with Crippen molar-refractivity contribution in [3.05, 3.63) is 47.7 Å². The van der Waals surface area contributed by atoms with Crippen molar-refractivity contribution < 1.29 is 33.2 Å². The number of phenols is 1. The first-order chi connectivity index (χ1) is 23.7. The van der Waals surface area contributed by atoms with Crippen LogP contribution in [0.4, 0.5) is 14.6 Å². The van der Waals surface area contributed by atoms with E-state index in [-0.39, 0.29) is 47.1 Å². The fourth-order valence-corrected chi connectivity index (χ4v) is 8.73. The minimum atomic E-state index is -1.17. The van der Waals surface area contributed by atoms with Gasteiger partial charge in [0.05, 0.1) is 51.0 Å². The van der Waals surface area contributed by atoms with Crippen LogP contribution in [0, 0.1) is 17.0 Å². The van der Waals surface area contributed by atoms with Crippen LogP contribution < -0.4 is 9.64 Å². The molecule has 5 heterocycles. The molecule has 0 spiro atoms. The van der Waals surface area contributed by atoms with Crippen LogP contribution in [0.3, 0.4) is 0 Å². The lowest BCUT2D eigenvalue weighted by molar-refractivity contribution is -0.115. The molecular weight excluding hydrogens is 632 g/mol. The monoisotopic (exact) mass is 675 g/mol. The van der Waals surface area contributed by atoms with Crippen molar-refractivity contribution in [2.45, 2.75) is 70.1 Å². The molecule has 4 aliphatic rings. The number of ether oxygens (including phenoxy) is 3. The number of halogens is 2. The van der Waals surface area contributed by atoms with Crippen LogP contribution in [0.15, 0.2) is 30.5 Å². The second-order valence-corrected chi connectivity index (χ2v) is 14.5. The molecule has 0 bridgehead atoms. The van der Waals surface area contributed by atoms with Gasteiger partial charge in [-0.25, -0.2) is 8.78 Å². The van der Waals surface area contributed by atoms with Crippen molar-refractivity contribution in [2.24, 2.45) is 5.41 Å². The number of fused-ring (bicyclic) bond motifs is 3. The molecule has 3 atom stereocenters. The van der Waals surface area contributed by atoms with Crippen molar-refractivity contribution in [2.75, 3.05) is 57.6 Å². The van der Waals surface area contributed by atoms with Gasteiger partial charge in [-0.05, 0) is 80.1 Å². The van der Waals surface area contributed by atoms with Crippen LogP contribution in [0.2, 0.25) is 0 Å². The van der Waals surface area contributed by atoms with Crippen molar-refractivity contribution in [1.29, 1.82) is 0 Å². The SMILES string of the molecule is CCc1c(F)ccc2cc(O)cc(-c3ncc4c(N5CCOCC(C)(O)C5)nc(OCC56CCCC5N(C5COC5)CCC6)nc4c3F)c12. The Balaban J connectivity index is 1.24. The number of β-amino-alcohol motifs (C(OH)–C–C–N with tert-alkyl or cyclic N) is 1. The molecule has 0 amide bonds. The molecule has 8 rings (SSSR count). The number of aliphatic hydroxyl groups is 1. The second-order valence-electron chi connectivity index (χ2n) is 14.5. The van der Waals surface area contributed by atoms with Gasteiger partial charge in [-0.2, -0.15) is 9.97 Å². The summed E-state index contributed by atoms with van der Waals surface area (Å²) >= 11 is 0. The quantitative estimate of drug-likeness (QED) is 0.264. The number of phenolic OH excluding ortho intramolecular Hbond substituents is 1. The Kier molecular flexibility index (Phi) is 8.33. The summed E-state index contributed by atoms with van der Waals surface area (Å²) in [6.45, 7) is 7.64. The zero-order chi connectivity index (χ0) is 33.9. The normalized spacial score (nSPS) is 26.6. The lowest BCUT2D eigenvalue weighted by Gasteiger charge is -2.51. The Hall–Kier alpha value is -3.71. The largest absolute Gasteiger partial charge is 0.508 e. The second kappa shape index (κ2) is 12.6. The molecule has 1 aliphatic carbocycles. The first-order valence-electron chi connectivity index (χ1n) is 17.5. The van der Waals surface area contributed by atoms with Crippen molar-refractivity contribution in [3.63, 3.8) is 0 Å². The molecule has 3 unspecified atom stereocenters. The maximum Gasteiger partial charge on any atom is 0.319 e. The number of piperidine rings is 1. The first-order valence-corrected chi connectivity index (χ1v) is 17.5. The molecule has 3 saturated heterocycles. The van der Waals surface area contributed by atoms with Crippen LogP contribution >= 0.6 is 0 Å². The predicted octanol–water partition coefficient (Wildman–Crippen LogP) is 5.39. The zero-order valence-corrected chi connectivity index (χ0v) is 28.1. The molecule has 3 aliphatic heterocycles. The van der Waals surface area contributed by atoms with E-state index in [0.717, 1.165) is 51.9 Å². The average molecular weight is 676 g/mol. The Labute approximate surface area is 284 Å². The van der Waals surface area contributed by atoms with Gasteiger partial charge in [-0.1, -0.05) is 19.4 Å². The van der Waals surface area contributed by atoms with E-state index in [1.165, 1.54) is 24.4 Å². The molecule has 12 heteroatoms. The summed E-state index contributed by atoms with van der Waals surface area (Å²) in [7, 11) is 0. The highest BCUT2D eigenvalue weighted by Gasteiger charge is 2.51. The van der Waals surface area contributed by atoms with E-state index in [1.807, 2.05) is 11.8 Å². The van der Waals surface area contributed by atoms with Gasteiger partial charge in [-0.15, -0.1) is 0 Å². The summed E-state index contributed by atoms with van der Waals surface area (Å²) in [6.07, 6.45) is 7.26. The maximum atomic E-state index is 17.0. The minimum absolute atomic E-state index is 0.00175. The van der Waals surface area contributed by atoms with Crippen molar-refractivity contribution in [1.82, 2.24) is 19.9 Å². The van der Waals surface area contributed by atoms with Gasteiger partial charge < -0.3 is 29.3 Å². The van der Waals surface area contributed by atoms with Crippen LogP contribution in [-0.2, 0) is 15.9 Å². The van der Waals surface area contributed by atoms with Crippen LogP contribution in [0.5, 0.6) is 11.8 Å². The fraction of sp³-hybridized carbons (Fsp3) is 0.541. The number of aryl methyl sites for hydroxylation is 1. The number of hydrogen-bond donors (Lipinski definition) is 2. The number of aromatic hydroxyl groups is 1. The third-order valence-electron chi connectivity index (χ3n) is 11.1. The van der Waals surface area contributed by atoms with Crippen LogP contribution in [-0.4, -0.2) is 100 Å². The summed E-state index contributed by atoms with van der Waals surface area (Å²) in [4.78, 5) is 18.6. The highest BCUT2D eigenvalue weighted by molar-refractivity contribution is 6.01. The van der Waals surface area contributed by atoms with E-state index in [9.17, 15) is 10.2 Å². The molecule has 4 aromatic rings. The van der Waals surface area contributed by atoms with Gasteiger partial charge in [-0.3, -0.25) is 9.88 Å². The summed E-state index contributed by atoms with van der Waals surface area (Å²) in [5.74, 6) is -0.832. The molecule has 49 heavy (non-hydrogen) atoms.